The number of hydrogen-bond donors (Lipinski definition) is 2. The molecular weight excluding hydrogens is 365 g/mol. The molecule has 1 fully saturated rings. The molecule has 2 N–H and O–H groups in total. The molecule has 1 saturated heterocycles. The van der Waals surface area contributed by atoms with Crippen molar-refractivity contribution >= 4 is 17.6 Å². The Morgan fingerprint density at radius 3 is 2.37 bits per heavy atom. The van der Waals surface area contributed by atoms with Gasteiger partial charge in [0.1, 0.15) is 5.82 Å². The van der Waals surface area contributed by atoms with Crippen LogP contribution in [0.4, 0.5) is 4.39 Å². The van der Waals surface area contributed by atoms with Gasteiger partial charge in [0.05, 0.1) is 0 Å². The van der Waals surface area contributed by atoms with Crippen molar-refractivity contribution < 1.29 is 9.13 Å². The van der Waals surface area contributed by atoms with Crippen LogP contribution >= 0.6 is 11.6 Å². The van der Waals surface area contributed by atoms with Crippen LogP contribution in [0.3, 0.4) is 0 Å². The van der Waals surface area contributed by atoms with Gasteiger partial charge in [-0.15, -0.1) is 0 Å². The number of rotatable bonds is 5. The Labute approximate surface area is 164 Å². The Morgan fingerprint density at radius 2 is 1.74 bits per heavy atom. The first kappa shape index (κ1) is 19.6. The quantitative estimate of drug-likeness (QED) is 0.602. The number of benzene rings is 2. The van der Waals surface area contributed by atoms with Crippen molar-refractivity contribution in [3.05, 3.63) is 70.5 Å². The lowest BCUT2D eigenvalue weighted by molar-refractivity contribution is 0.0513. The summed E-state index contributed by atoms with van der Waals surface area (Å²) in [4.78, 5) is 4.32. The van der Waals surface area contributed by atoms with Gasteiger partial charge in [-0.05, 0) is 48.2 Å². The third kappa shape index (κ3) is 5.21. The van der Waals surface area contributed by atoms with Gasteiger partial charge < -0.3 is 15.4 Å². The average Bonchev–Trinajstić information content (AvgIpc) is 2.70. The maximum absolute atomic E-state index is 13.4. The Kier molecular flexibility index (Phi) is 6.69. The SMILES string of the molecule is CN=C(NCc1ccc(Cl)cc1)NCC1(c2ccc(F)cc2)CCOCC1. The Balaban J connectivity index is 1.64. The van der Waals surface area contributed by atoms with Crippen molar-refractivity contribution in [3.8, 4) is 0 Å². The third-order valence-electron chi connectivity index (χ3n) is 5.10. The van der Waals surface area contributed by atoms with E-state index in [4.69, 9.17) is 16.3 Å². The van der Waals surface area contributed by atoms with Crippen molar-refractivity contribution in [2.24, 2.45) is 4.99 Å². The smallest absolute Gasteiger partial charge is 0.191 e. The summed E-state index contributed by atoms with van der Waals surface area (Å²) in [5, 5.41) is 7.49. The van der Waals surface area contributed by atoms with Crippen molar-refractivity contribution in [1.82, 2.24) is 10.6 Å². The maximum Gasteiger partial charge on any atom is 0.191 e. The normalized spacial score (nSPS) is 16.8. The van der Waals surface area contributed by atoms with E-state index in [9.17, 15) is 4.39 Å². The summed E-state index contributed by atoms with van der Waals surface area (Å²) in [7, 11) is 1.76. The first-order valence-corrected chi connectivity index (χ1v) is 9.52. The highest BCUT2D eigenvalue weighted by Gasteiger charge is 2.34. The molecule has 0 unspecified atom stereocenters. The lowest BCUT2D eigenvalue weighted by atomic mass is 9.74. The van der Waals surface area contributed by atoms with Gasteiger partial charge >= 0.3 is 0 Å². The first-order valence-electron chi connectivity index (χ1n) is 9.14. The third-order valence-corrected chi connectivity index (χ3v) is 5.35. The van der Waals surface area contributed by atoms with Crippen molar-refractivity contribution in [2.45, 2.75) is 24.8 Å². The molecule has 6 heteroatoms. The van der Waals surface area contributed by atoms with Crippen LogP contribution in [-0.2, 0) is 16.7 Å². The Bertz CT molecular complexity index is 756. The molecule has 4 nitrogen and oxygen atoms in total. The van der Waals surface area contributed by atoms with E-state index in [0.29, 0.717) is 26.3 Å². The number of hydrogen-bond acceptors (Lipinski definition) is 2. The zero-order chi connectivity index (χ0) is 19.1. The van der Waals surface area contributed by atoms with Crippen LogP contribution in [-0.4, -0.2) is 32.8 Å². The molecule has 1 aliphatic rings. The first-order chi connectivity index (χ1) is 13.1. The summed E-state index contributed by atoms with van der Waals surface area (Å²) in [6.45, 7) is 2.78. The van der Waals surface area contributed by atoms with Gasteiger partial charge in [0.25, 0.3) is 0 Å². The summed E-state index contributed by atoms with van der Waals surface area (Å²) in [6.07, 6.45) is 1.78. The molecule has 0 spiro atoms. The lowest BCUT2D eigenvalue weighted by Crippen LogP contribution is -2.47. The van der Waals surface area contributed by atoms with Crippen molar-refractivity contribution in [1.29, 1.82) is 0 Å². The van der Waals surface area contributed by atoms with E-state index < -0.39 is 0 Å². The molecule has 1 aliphatic heterocycles. The van der Waals surface area contributed by atoms with Crippen LogP contribution in [0.2, 0.25) is 5.02 Å². The second-order valence-corrected chi connectivity index (χ2v) is 7.24. The zero-order valence-corrected chi connectivity index (χ0v) is 16.2. The summed E-state index contributed by atoms with van der Waals surface area (Å²) in [5.74, 6) is 0.521. The highest BCUT2D eigenvalue weighted by Crippen LogP contribution is 2.34. The molecule has 2 aromatic rings. The fraction of sp³-hybridized carbons (Fsp3) is 0.381. The predicted molar refractivity (Wildman–Crippen MR) is 108 cm³/mol. The number of halogens is 2. The molecule has 0 saturated carbocycles. The van der Waals surface area contributed by atoms with Crippen LogP contribution in [0.25, 0.3) is 0 Å². The van der Waals surface area contributed by atoms with Gasteiger partial charge in [0.2, 0.25) is 0 Å². The molecule has 0 amide bonds. The van der Waals surface area contributed by atoms with E-state index in [1.165, 1.54) is 12.1 Å². The molecule has 0 radical (unpaired) electrons. The molecule has 0 bridgehead atoms. The summed E-state index contributed by atoms with van der Waals surface area (Å²) >= 11 is 5.93. The molecular formula is C21H25ClFN3O. The second-order valence-electron chi connectivity index (χ2n) is 6.81. The van der Waals surface area contributed by atoms with Crippen molar-refractivity contribution in [3.63, 3.8) is 0 Å². The maximum atomic E-state index is 13.4. The Morgan fingerprint density at radius 1 is 1.07 bits per heavy atom. The molecule has 144 valence electrons. The van der Waals surface area contributed by atoms with Crippen LogP contribution in [0.1, 0.15) is 24.0 Å². The highest BCUT2D eigenvalue weighted by atomic mass is 35.5. The minimum absolute atomic E-state index is 0.0934. The van der Waals surface area contributed by atoms with Crippen LogP contribution in [0.5, 0.6) is 0 Å². The number of ether oxygens (including phenoxy) is 1. The zero-order valence-electron chi connectivity index (χ0n) is 15.5. The van der Waals surface area contributed by atoms with Gasteiger partial charge in [-0.3, -0.25) is 4.99 Å². The molecule has 0 atom stereocenters. The van der Waals surface area contributed by atoms with E-state index in [1.807, 2.05) is 36.4 Å². The van der Waals surface area contributed by atoms with E-state index >= 15 is 0 Å². The number of aliphatic imine (C=N–C) groups is 1. The minimum Gasteiger partial charge on any atom is -0.381 e. The standard InChI is InChI=1S/C21H25ClFN3O/c1-24-20(25-14-16-2-6-18(22)7-3-16)26-15-21(10-12-27-13-11-21)17-4-8-19(23)9-5-17/h2-9H,10-15H2,1H3,(H2,24,25,26). The largest absolute Gasteiger partial charge is 0.381 e. The van der Waals surface area contributed by atoms with Gasteiger partial charge in [-0.25, -0.2) is 4.39 Å². The summed E-state index contributed by atoms with van der Waals surface area (Å²) in [6, 6.07) is 14.5. The van der Waals surface area contributed by atoms with Gasteiger partial charge in [0, 0.05) is 43.8 Å². The summed E-state index contributed by atoms with van der Waals surface area (Å²) in [5.41, 5.74) is 2.17. The minimum atomic E-state index is -0.214. The fourth-order valence-electron chi connectivity index (χ4n) is 3.39. The lowest BCUT2D eigenvalue weighted by Gasteiger charge is -2.38. The van der Waals surface area contributed by atoms with Gasteiger partial charge in [0.15, 0.2) is 5.96 Å². The van der Waals surface area contributed by atoms with Crippen molar-refractivity contribution in [2.75, 3.05) is 26.8 Å². The number of nitrogens with zero attached hydrogens (tertiary/aromatic N) is 1. The van der Waals surface area contributed by atoms with E-state index in [1.54, 1.807) is 7.05 Å². The van der Waals surface area contributed by atoms with Crippen LogP contribution in [0.15, 0.2) is 53.5 Å². The van der Waals surface area contributed by atoms with E-state index in [-0.39, 0.29) is 11.2 Å². The topological polar surface area (TPSA) is 45.7 Å². The summed E-state index contributed by atoms with van der Waals surface area (Å²) < 4.78 is 18.9. The van der Waals surface area contributed by atoms with Gasteiger partial charge in [-0.2, -0.15) is 0 Å². The van der Waals surface area contributed by atoms with E-state index in [2.05, 4.69) is 15.6 Å². The number of nitrogens with one attached hydrogen (secondary N) is 2. The van der Waals surface area contributed by atoms with Crippen LogP contribution in [0, 0.1) is 5.82 Å². The molecule has 27 heavy (non-hydrogen) atoms. The Hall–Kier alpha value is -2.11. The molecule has 0 aliphatic carbocycles. The fourth-order valence-corrected chi connectivity index (χ4v) is 3.52. The monoisotopic (exact) mass is 389 g/mol. The highest BCUT2D eigenvalue weighted by molar-refractivity contribution is 6.30. The average molecular weight is 390 g/mol. The number of guanidine groups is 1. The van der Waals surface area contributed by atoms with Gasteiger partial charge in [-0.1, -0.05) is 35.9 Å². The molecule has 2 aromatic carbocycles. The molecule has 1 heterocycles. The second kappa shape index (κ2) is 9.20. The predicted octanol–water partition coefficient (Wildman–Crippen LogP) is 3.89. The van der Waals surface area contributed by atoms with E-state index in [0.717, 1.165) is 35.0 Å². The molecule has 3 rings (SSSR count). The molecule has 0 aromatic heterocycles. The van der Waals surface area contributed by atoms with Crippen LogP contribution < -0.4 is 10.6 Å².